The monoisotopic (exact) mass is 403 g/mol. The highest BCUT2D eigenvalue weighted by Gasteiger charge is 2.27. The molecule has 1 heterocycles. The molecule has 0 unspecified atom stereocenters. The molecule has 1 atom stereocenters. The van der Waals surface area contributed by atoms with E-state index in [9.17, 15) is 13.2 Å². The van der Waals surface area contributed by atoms with E-state index in [0.29, 0.717) is 13.1 Å². The van der Waals surface area contributed by atoms with Gasteiger partial charge in [-0.05, 0) is 54.8 Å². The first-order valence-electron chi connectivity index (χ1n) is 9.13. The molecule has 150 valence electrons. The highest BCUT2D eigenvalue weighted by molar-refractivity contribution is 7.89. The molecular formula is C20H25N3O4S. The molecule has 1 saturated heterocycles. The Kier molecular flexibility index (Phi) is 6.33. The Hall–Kier alpha value is -2.42. The Morgan fingerprint density at radius 3 is 2.46 bits per heavy atom. The minimum absolute atomic E-state index is 0.0574. The SMILES string of the molecule is COc1ccc([C@H]2CCCN2CC(=O)NCc2ccc(S(N)(=O)=O)cc2)cc1. The Balaban J connectivity index is 1.55. The molecule has 0 aromatic heterocycles. The lowest BCUT2D eigenvalue weighted by molar-refractivity contribution is -0.122. The largest absolute Gasteiger partial charge is 0.497 e. The lowest BCUT2D eigenvalue weighted by atomic mass is 10.0. The van der Waals surface area contributed by atoms with Crippen molar-refractivity contribution in [3.8, 4) is 5.75 Å². The van der Waals surface area contributed by atoms with Gasteiger partial charge >= 0.3 is 0 Å². The van der Waals surface area contributed by atoms with Crippen LogP contribution in [-0.4, -0.2) is 39.4 Å². The molecule has 2 aromatic carbocycles. The molecule has 1 fully saturated rings. The van der Waals surface area contributed by atoms with E-state index in [1.807, 2.05) is 24.3 Å². The second kappa shape index (κ2) is 8.72. The quantitative estimate of drug-likeness (QED) is 0.734. The molecule has 0 radical (unpaired) electrons. The van der Waals surface area contributed by atoms with Crippen LogP contribution in [0.25, 0.3) is 0 Å². The van der Waals surface area contributed by atoms with E-state index in [4.69, 9.17) is 9.88 Å². The van der Waals surface area contributed by atoms with Crippen LogP contribution >= 0.6 is 0 Å². The number of sulfonamides is 1. The van der Waals surface area contributed by atoms with Gasteiger partial charge in [-0.2, -0.15) is 0 Å². The van der Waals surface area contributed by atoms with Crippen molar-refractivity contribution >= 4 is 15.9 Å². The van der Waals surface area contributed by atoms with Gasteiger partial charge in [0.05, 0.1) is 18.6 Å². The van der Waals surface area contributed by atoms with Crippen LogP contribution in [0.4, 0.5) is 0 Å². The minimum Gasteiger partial charge on any atom is -0.497 e. The first kappa shape index (κ1) is 20.3. The van der Waals surface area contributed by atoms with Gasteiger partial charge in [0.1, 0.15) is 5.75 Å². The number of nitrogens with two attached hydrogens (primary N) is 1. The summed E-state index contributed by atoms with van der Waals surface area (Å²) in [6.45, 7) is 1.55. The van der Waals surface area contributed by atoms with Crippen LogP contribution in [0.1, 0.15) is 30.0 Å². The predicted molar refractivity (Wildman–Crippen MR) is 106 cm³/mol. The molecule has 3 N–H and O–H groups in total. The van der Waals surface area contributed by atoms with Crippen LogP contribution in [0.15, 0.2) is 53.4 Å². The number of primary sulfonamides is 1. The molecule has 7 nitrogen and oxygen atoms in total. The van der Waals surface area contributed by atoms with E-state index in [2.05, 4.69) is 10.2 Å². The number of rotatable bonds is 7. The summed E-state index contributed by atoms with van der Waals surface area (Å²) in [6.07, 6.45) is 2.08. The second-order valence-corrected chi connectivity index (χ2v) is 8.43. The molecule has 1 aliphatic rings. The minimum atomic E-state index is -3.71. The maximum absolute atomic E-state index is 12.4. The summed E-state index contributed by atoms with van der Waals surface area (Å²) in [5.41, 5.74) is 2.00. The fraction of sp³-hybridized carbons (Fsp3) is 0.350. The van der Waals surface area contributed by atoms with E-state index >= 15 is 0 Å². The van der Waals surface area contributed by atoms with Crippen molar-refractivity contribution in [1.82, 2.24) is 10.2 Å². The van der Waals surface area contributed by atoms with E-state index in [1.165, 1.54) is 17.7 Å². The van der Waals surface area contributed by atoms with Crippen LogP contribution < -0.4 is 15.2 Å². The van der Waals surface area contributed by atoms with Crippen molar-refractivity contribution in [1.29, 1.82) is 0 Å². The molecule has 1 aliphatic heterocycles. The fourth-order valence-electron chi connectivity index (χ4n) is 3.46. The number of ether oxygens (including phenoxy) is 1. The molecule has 0 spiro atoms. The van der Waals surface area contributed by atoms with Gasteiger partial charge in [-0.3, -0.25) is 9.69 Å². The standard InChI is InChI=1S/C20H25N3O4S/c1-27-17-8-6-16(7-9-17)19-3-2-12-23(19)14-20(24)22-13-15-4-10-18(11-5-15)28(21,25)26/h4-11,19H,2-3,12-14H2,1H3,(H,22,24)(H2,21,25,26)/t19-/m1/s1. The Labute approximate surface area is 165 Å². The number of nitrogens with one attached hydrogen (secondary N) is 1. The van der Waals surface area contributed by atoms with Gasteiger partial charge in [-0.1, -0.05) is 24.3 Å². The summed E-state index contributed by atoms with van der Waals surface area (Å²) < 4.78 is 27.8. The van der Waals surface area contributed by atoms with Gasteiger partial charge in [0.25, 0.3) is 0 Å². The van der Waals surface area contributed by atoms with Crippen LogP contribution in [0, 0.1) is 0 Å². The topological polar surface area (TPSA) is 102 Å². The molecule has 1 amide bonds. The van der Waals surface area contributed by atoms with Crippen molar-refractivity contribution in [2.45, 2.75) is 30.3 Å². The number of amides is 1. The molecule has 0 saturated carbocycles. The third kappa shape index (κ3) is 5.09. The third-order valence-electron chi connectivity index (χ3n) is 4.95. The summed E-state index contributed by atoms with van der Waals surface area (Å²) in [6, 6.07) is 14.4. The Morgan fingerprint density at radius 1 is 1.18 bits per heavy atom. The highest BCUT2D eigenvalue weighted by atomic mass is 32.2. The first-order valence-corrected chi connectivity index (χ1v) is 10.7. The average Bonchev–Trinajstić information content (AvgIpc) is 3.14. The number of benzene rings is 2. The van der Waals surface area contributed by atoms with E-state index in [-0.39, 0.29) is 16.8 Å². The lowest BCUT2D eigenvalue weighted by Crippen LogP contribution is -2.36. The van der Waals surface area contributed by atoms with Crippen LogP contribution in [0.2, 0.25) is 0 Å². The average molecular weight is 404 g/mol. The number of likely N-dealkylation sites (tertiary alicyclic amines) is 1. The van der Waals surface area contributed by atoms with Gasteiger partial charge in [-0.25, -0.2) is 13.6 Å². The van der Waals surface area contributed by atoms with Gasteiger partial charge in [-0.15, -0.1) is 0 Å². The van der Waals surface area contributed by atoms with Crippen molar-refractivity contribution in [3.05, 3.63) is 59.7 Å². The molecule has 0 aliphatic carbocycles. The van der Waals surface area contributed by atoms with Crippen molar-refractivity contribution in [2.75, 3.05) is 20.2 Å². The predicted octanol–water partition coefficient (Wildman–Crippen LogP) is 1.80. The smallest absolute Gasteiger partial charge is 0.238 e. The number of nitrogens with zero attached hydrogens (tertiary/aromatic N) is 1. The van der Waals surface area contributed by atoms with Gasteiger partial charge in [0.15, 0.2) is 0 Å². The molecule has 28 heavy (non-hydrogen) atoms. The first-order chi connectivity index (χ1) is 13.4. The van der Waals surface area contributed by atoms with E-state index in [1.54, 1.807) is 19.2 Å². The summed E-state index contributed by atoms with van der Waals surface area (Å²) >= 11 is 0. The molecule has 0 bridgehead atoms. The summed E-state index contributed by atoms with van der Waals surface area (Å²) in [7, 11) is -2.06. The van der Waals surface area contributed by atoms with Crippen molar-refractivity contribution in [3.63, 3.8) is 0 Å². The number of hydrogen-bond donors (Lipinski definition) is 2. The molecule has 3 rings (SSSR count). The van der Waals surface area contributed by atoms with Gasteiger partial charge in [0, 0.05) is 12.6 Å². The third-order valence-corrected chi connectivity index (χ3v) is 5.88. The zero-order valence-corrected chi connectivity index (χ0v) is 16.6. The zero-order chi connectivity index (χ0) is 20.1. The van der Waals surface area contributed by atoms with Crippen LogP contribution in [-0.2, 0) is 21.4 Å². The van der Waals surface area contributed by atoms with Crippen LogP contribution in [0.5, 0.6) is 5.75 Å². The van der Waals surface area contributed by atoms with Crippen molar-refractivity contribution < 1.29 is 17.9 Å². The number of methoxy groups -OCH3 is 1. The summed E-state index contributed by atoms with van der Waals surface area (Å²) in [5.74, 6) is 0.760. The van der Waals surface area contributed by atoms with Crippen molar-refractivity contribution in [2.24, 2.45) is 5.14 Å². The zero-order valence-electron chi connectivity index (χ0n) is 15.8. The summed E-state index contributed by atoms with van der Waals surface area (Å²) in [5, 5.41) is 7.98. The normalized spacial score (nSPS) is 17.4. The number of carbonyl (C=O) groups is 1. The highest BCUT2D eigenvalue weighted by Crippen LogP contribution is 2.32. The number of hydrogen-bond acceptors (Lipinski definition) is 5. The Bertz CT molecular complexity index is 911. The fourth-order valence-corrected chi connectivity index (χ4v) is 3.97. The van der Waals surface area contributed by atoms with Gasteiger partial charge in [0.2, 0.25) is 15.9 Å². The maximum atomic E-state index is 12.4. The van der Waals surface area contributed by atoms with Crippen LogP contribution in [0.3, 0.4) is 0 Å². The van der Waals surface area contributed by atoms with Gasteiger partial charge < -0.3 is 10.1 Å². The summed E-state index contributed by atoms with van der Waals surface area (Å²) in [4.78, 5) is 14.6. The molecule has 2 aromatic rings. The Morgan fingerprint density at radius 2 is 1.86 bits per heavy atom. The van der Waals surface area contributed by atoms with E-state index in [0.717, 1.165) is 30.7 Å². The number of carbonyl (C=O) groups excluding carboxylic acids is 1. The lowest BCUT2D eigenvalue weighted by Gasteiger charge is -2.24. The molecule has 8 heteroatoms. The maximum Gasteiger partial charge on any atom is 0.238 e. The van der Waals surface area contributed by atoms with E-state index < -0.39 is 10.0 Å². The second-order valence-electron chi connectivity index (χ2n) is 6.87. The molecular weight excluding hydrogens is 378 g/mol.